The van der Waals surface area contributed by atoms with Gasteiger partial charge < -0.3 is 18.9 Å². The Kier molecular flexibility index (Phi) is 5.15. The number of hydrogen-bond donors (Lipinski definition) is 0. The molecule has 8 heteroatoms. The van der Waals surface area contributed by atoms with Gasteiger partial charge in [0.1, 0.15) is 23.0 Å². The molecule has 0 bridgehead atoms. The summed E-state index contributed by atoms with van der Waals surface area (Å²) in [4.78, 5) is 12.0. The van der Waals surface area contributed by atoms with Crippen LogP contribution in [0.4, 0.5) is 0 Å². The molecular weight excluding hydrogens is 346 g/mol. The smallest absolute Gasteiger partial charge is 0.329 e. The van der Waals surface area contributed by atoms with Crippen molar-refractivity contribution in [2.45, 2.75) is 0 Å². The SMILES string of the molecule is COc1ccc(Oc2nc(Cl)nc(Oc3ccc(OC)cc3)n2)cc1. The molecule has 7 nitrogen and oxygen atoms in total. The molecule has 25 heavy (non-hydrogen) atoms. The minimum Gasteiger partial charge on any atom is -0.497 e. The summed E-state index contributed by atoms with van der Waals surface area (Å²) in [6, 6.07) is 14.0. The molecule has 0 fully saturated rings. The Balaban J connectivity index is 1.76. The Bertz CT molecular complexity index is 774. The van der Waals surface area contributed by atoms with Gasteiger partial charge in [-0.05, 0) is 60.1 Å². The third-order valence-electron chi connectivity index (χ3n) is 3.10. The normalized spacial score (nSPS) is 10.2. The van der Waals surface area contributed by atoms with Crippen LogP contribution in [0, 0.1) is 0 Å². The van der Waals surface area contributed by atoms with E-state index in [0.29, 0.717) is 23.0 Å². The van der Waals surface area contributed by atoms with Gasteiger partial charge in [-0.15, -0.1) is 4.98 Å². The lowest BCUT2D eigenvalue weighted by atomic mass is 10.3. The minimum atomic E-state index is -0.0398. The van der Waals surface area contributed by atoms with Gasteiger partial charge in [0.05, 0.1) is 14.2 Å². The van der Waals surface area contributed by atoms with E-state index in [9.17, 15) is 0 Å². The number of halogens is 1. The average Bonchev–Trinajstić information content (AvgIpc) is 2.62. The fraction of sp³-hybridized carbons (Fsp3) is 0.118. The van der Waals surface area contributed by atoms with Crippen molar-refractivity contribution < 1.29 is 18.9 Å². The number of rotatable bonds is 6. The predicted octanol–water partition coefficient (Wildman–Crippen LogP) is 4.13. The lowest BCUT2D eigenvalue weighted by molar-refractivity contribution is 0.392. The Hall–Kier alpha value is -3.06. The van der Waals surface area contributed by atoms with Crippen LogP contribution in [0.2, 0.25) is 5.28 Å². The molecule has 2 aromatic carbocycles. The third-order valence-corrected chi connectivity index (χ3v) is 3.27. The first-order valence-electron chi connectivity index (χ1n) is 7.21. The van der Waals surface area contributed by atoms with Crippen molar-refractivity contribution in [2.24, 2.45) is 0 Å². The molecule has 0 spiro atoms. The van der Waals surface area contributed by atoms with E-state index in [1.165, 1.54) is 0 Å². The molecule has 3 rings (SSSR count). The number of aromatic nitrogens is 3. The minimum absolute atomic E-state index is 0.0219. The lowest BCUT2D eigenvalue weighted by Gasteiger charge is -2.08. The Morgan fingerprint density at radius 1 is 0.600 bits per heavy atom. The number of hydrogen-bond acceptors (Lipinski definition) is 7. The van der Waals surface area contributed by atoms with Crippen LogP contribution in [0.5, 0.6) is 35.0 Å². The zero-order valence-electron chi connectivity index (χ0n) is 13.5. The van der Waals surface area contributed by atoms with Gasteiger partial charge in [-0.1, -0.05) is 0 Å². The van der Waals surface area contributed by atoms with Crippen molar-refractivity contribution in [1.29, 1.82) is 0 Å². The molecule has 0 atom stereocenters. The average molecular weight is 360 g/mol. The monoisotopic (exact) mass is 359 g/mol. The van der Waals surface area contributed by atoms with Gasteiger partial charge in [0.15, 0.2) is 0 Å². The number of benzene rings is 2. The molecule has 0 aliphatic carbocycles. The van der Waals surface area contributed by atoms with Crippen LogP contribution in [-0.4, -0.2) is 29.2 Å². The van der Waals surface area contributed by atoms with Crippen LogP contribution in [0.3, 0.4) is 0 Å². The van der Waals surface area contributed by atoms with Crippen LogP contribution in [-0.2, 0) is 0 Å². The van der Waals surface area contributed by atoms with E-state index in [4.69, 9.17) is 30.5 Å². The maximum atomic E-state index is 5.92. The Morgan fingerprint density at radius 3 is 1.32 bits per heavy atom. The molecule has 0 saturated carbocycles. The van der Waals surface area contributed by atoms with E-state index < -0.39 is 0 Å². The Morgan fingerprint density at radius 2 is 0.960 bits per heavy atom. The lowest BCUT2D eigenvalue weighted by Crippen LogP contribution is -1.98. The number of ether oxygens (including phenoxy) is 4. The zero-order valence-corrected chi connectivity index (χ0v) is 14.2. The maximum absolute atomic E-state index is 5.92. The zero-order chi connectivity index (χ0) is 17.6. The summed E-state index contributed by atoms with van der Waals surface area (Å²) in [7, 11) is 3.18. The molecule has 128 valence electrons. The standard InChI is InChI=1S/C17H14ClN3O4/c1-22-11-3-7-13(8-4-11)24-16-19-15(18)20-17(21-16)25-14-9-5-12(23-2)6-10-14/h3-10H,1-2H3. The molecule has 0 aliphatic heterocycles. The molecule has 1 aromatic heterocycles. The van der Waals surface area contributed by atoms with Crippen LogP contribution < -0.4 is 18.9 Å². The fourth-order valence-corrected chi connectivity index (χ4v) is 2.05. The maximum Gasteiger partial charge on any atom is 0.329 e. The summed E-state index contributed by atoms with van der Waals surface area (Å²) in [5.74, 6) is 2.48. The summed E-state index contributed by atoms with van der Waals surface area (Å²) in [5, 5.41) is -0.0398. The summed E-state index contributed by atoms with van der Waals surface area (Å²) in [6.45, 7) is 0. The molecule has 1 heterocycles. The van der Waals surface area contributed by atoms with Gasteiger partial charge >= 0.3 is 12.0 Å². The molecule has 0 N–H and O–H groups in total. The topological polar surface area (TPSA) is 75.6 Å². The second kappa shape index (κ2) is 7.67. The first kappa shape index (κ1) is 16.8. The van der Waals surface area contributed by atoms with Gasteiger partial charge in [0.2, 0.25) is 5.28 Å². The molecular formula is C17H14ClN3O4. The highest BCUT2D eigenvalue weighted by Crippen LogP contribution is 2.26. The van der Waals surface area contributed by atoms with Crippen molar-refractivity contribution in [1.82, 2.24) is 15.0 Å². The predicted molar refractivity (Wildman–Crippen MR) is 91.0 cm³/mol. The van der Waals surface area contributed by atoms with Crippen molar-refractivity contribution in [3.63, 3.8) is 0 Å². The fourth-order valence-electron chi connectivity index (χ4n) is 1.90. The van der Waals surface area contributed by atoms with E-state index >= 15 is 0 Å². The van der Waals surface area contributed by atoms with Crippen LogP contribution in [0.15, 0.2) is 48.5 Å². The second-order valence-electron chi connectivity index (χ2n) is 4.72. The van der Waals surface area contributed by atoms with Crippen LogP contribution >= 0.6 is 11.6 Å². The van der Waals surface area contributed by atoms with Crippen LogP contribution in [0.1, 0.15) is 0 Å². The van der Waals surface area contributed by atoms with Gasteiger partial charge in [0.25, 0.3) is 0 Å². The van der Waals surface area contributed by atoms with Gasteiger partial charge in [0, 0.05) is 0 Å². The first-order valence-corrected chi connectivity index (χ1v) is 7.59. The third kappa shape index (κ3) is 4.48. The quantitative estimate of drug-likeness (QED) is 0.655. The summed E-state index contributed by atoms with van der Waals surface area (Å²) >= 11 is 5.92. The van der Waals surface area contributed by atoms with Crippen molar-refractivity contribution in [3.8, 4) is 35.0 Å². The first-order chi connectivity index (χ1) is 12.2. The van der Waals surface area contributed by atoms with Crippen LogP contribution in [0.25, 0.3) is 0 Å². The summed E-state index contributed by atoms with van der Waals surface area (Å²) in [5.41, 5.74) is 0. The van der Waals surface area contributed by atoms with Gasteiger partial charge in [-0.25, -0.2) is 0 Å². The van der Waals surface area contributed by atoms with E-state index in [1.807, 2.05) is 0 Å². The molecule has 0 saturated heterocycles. The second-order valence-corrected chi connectivity index (χ2v) is 5.06. The molecule has 3 aromatic rings. The Labute approximate surface area is 149 Å². The van der Waals surface area contributed by atoms with E-state index in [2.05, 4.69) is 15.0 Å². The molecule has 0 radical (unpaired) electrons. The summed E-state index contributed by atoms with van der Waals surface area (Å²) < 4.78 is 21.3. The largest absolute Gasteiger partial charge is 0.497 e. The summed E-state index contributed by atoms with van der Waals surface area (Å²) in [6.07, 6.45) is 0. The highest BCUT2D eigenvalue weighted by atomic mass is 35.5. The van der Waals surface area contributed by atoms with E-state index in [-0.39, 0.29) is 17.3 Å². The molecule has 0 unspecified atom stereocenters. The van der Waals surface area contributed by atoms with Crippen molar-refractivity contribution in [3.05, 3.63) is 53.8 Å². The number of methoxy groups -OCH3 is 2. The van der Waals surface area contributed by atoms with Crippen molar-refractivity contribution >= 4 is 11.6 Å². The van der Waals surface area contributed by atoms with Crippen molar-refractivity contribution in [2.75, 3.05) is 14.2 Å². The van der Waals surface area contributed by atoms with Gasteiger partial charge in [-0.2, -0.15) is 9.97 Å². The highest BCUT2D eigenvalue weighted by Gasteiger charge is 2.10. The van der Waals surface area contributed by atoms with Gasteiger partial charge in [-0.3, -0.25) is 0 Å². The molecule has 0 aliphatic rings. The van der Waals surface area contributed by atoms with E-state index in [1.54, 1.807) is 62.8 Å². The number of nitrogens with zero attached hydrogens (tertiary/aromatic N) is 3. The highest BCUT2D eigenvalue weighted by molar-refractivity contribution is 6.28. The van der Waals surface area contributed by atoms with E-state index in [0.717, 1.165) is 0 Å². The molecule has 0 amide bonds.